The molecule has 1 aromatic rings. The van der Waals surface area contributed by atoms with Crippen molar-refractivity contribution in [1.82, 2.24) is 15.5 Å². The zero-order valence-corrected chi connectivity index (χ0v) is 14.5. The molecule has 22 heavy (non-hydrogen) atoms. The summed E-state index contributed by atoms with van der Waals surface area (Å²) < 4.78 is 13.1. The van der Waals surface area contributed by atoms with Crippen LogP contribution in [0.2, 0.25) is 0 Å². The minimum atomic E-state index is -0.211. The summed E-state index contributed by atoms with van der Waals surface area (Å²) in [5, 5.41) is 6.73. The van der Waals surface area contributed by atoms with Crippen molar-refractivity contribution in [2.45, 2.75) is 32.9 Å². The number of benzene rings is 1. The lowest BCUT2D eigenvalue weighted by atomic mass is 10.1. The van der Waals surface area contributed by atoms with Crippen molar-refractivity contribution in [1.29, 1.82) is 0 Å². The van der Waals surface area contributed by atoms with Gasteiger partial charge in [0.1, 0.15) is 5.82 Å². The maximum Gasteiger partial charge on any atom is 0.191 e. The van der Waals surface area contributed by atoms with E-state index in [0.717, 1.165) is 11.5 Å². The Labute approximate surface area is 133 Å². The minimum Gasteiger partial charge on any atom is -0.354 e. The van der Waals surface area contributed by atoms with Crippen LogP contribution in [0.5, 0.6) is 0 Å². The highest BCUT2D eigenvalue weighted by Gasteiger charge is 2.16. The summed E-state index contributed by atoms with van der Waals surface area (Å²) >= 11 is 0. The molecule has 2 atom stereocenters. The molecule has 4 nitrogen and oxygen atoms in total. The number of nitrogens with one attached hydrogen (secondary N) is 2. The molecule has 2 unspecified atom stereocenters. The molecular weight excluding hydrogens is 279 g/mol. The van der Waals surface area contributed by atoms with Gasteiger partial charge in [0.15, 0.2) is 5.96 Å². The quantitative estimate of drug-likeness (QED) is 0.627. The third-order valence-corrected chi connectivity index (χ3v) is 3.93. The van der Waals surface area contributed by atoms with Crippen molar-refractivity contribution in [3.63, 3.8) is 0 Å². The minimum absolute atomic E-state index is 0.147. The van der Waals surface area contributed by atoms with Gasteiger partial charge >= 0.3 is 0 Å². The van der Waals surface area contributed by atoms with Crippen LogP contribution in [0.4, 0.5) is 4.39 Å². The van der Waals surface area contributed by atoms with Gasteiger partial charge in [-0.15, -0.1) is 0 Å². The maximum atomic E-state index is 13.1. The van der Waals surface area contributed by atoms with Crippen LogP contribution in [0.3, 0.4) is 0 Å². The average Bonchev–Trinajstić information content (AvgIpc) is 2.47. The molecule has 0 aliphatic heterocycles. The summed E-state index contributed by atoms with van der Waals surface area (Å²) in [7, 11) is 5.80. The van der Waals surface area contributed by atoms with Gasteiger partial charge in [-0.2, -0.15) is 0 Å². The topological polar surface area (TPSA) is 39.7 Å². The van der Waals surface area contributed by atoms with Gasteiger partial charge in [0.05, 0.1) is 6.04 Å². The van der Waals surface area contributed by atoms with E-state index in [0.29, 0.717) is 18.5 Å². The Balaban J connectivity index is 2.69. The smallest absolute Gasteiger partial charge is 0.191 e. The van der Waals surface area contributed by atoms with E-state index in [-0.39, 0.29) is 11.9 Å². The molecule has 0 amide bonds. The molecule has 0 bridgehead atoms. The van der Waals surface area contributed by atoms with Gasteiger partial charge in [-0.25, -0.2) is 4.39 Å². The largest absolute Gasteiger partial charge is 0.354 e. The number of hydrogen-bond donors (Lipinski definition) is 2. The molecule has 0 fully saturated rings. The molecule has 0 aromatic heterocycles. The summed E-state index contributed by atoms with van der Waals surface area (Å²) in [5.41, 5.74) is 1.08. The summed E-state index contributed by atoms with van der Waals surface area (Å²) in [5.74, 6) is 1.10. The molecule has 5 heteroatoms. The van der Waals surface area contributed by atoms with Crippen LogP contribution in [-0.4, -0.2) is 44.6 Å². The highest BCUT2D eigenvalue weighted by molar-refractivity contribution is 5.80. The molecule has 0 saturated carbocycles. The Bertz CT molecular complexity index is 468. The van der Waals surface area contributed by atoms with Crippen molar-refractivity contribution in [3.05, 3.63) is 35.6 Å². The van der Waals surface area contributed by atoms with Crippen LogP contribution >= 0.6 is 0 Å². The van der Waals surface area contributed by atoms with Crippen LogP contribution in [0.15, 0.2) is 29.3 Å². The second kappa shape index (κ2) is 8.73. The zero-order chi connectivity index (χ0) is 16.7. The highest BCUT2D eigenvalue weighted by Crippen LogP contribution is 2.17. The van der Waals surface area contributed by atoms with E-state index >= 15 is 0 Å². The van der Waals surface area contributed by atoms with Gasteiger partial charge in [-0.05, 0) is 44.6 Å². The van der Waals surface area contributed by atoms with Crippen molar-refractivity contribution in [3.8, 4) is 0 Å². The molecule has 0 radical (unpaired) electrons. The first-order valence-electron chi connectivity index (χ1n) is 7.74. The second-order valence-electron chi connectivity index (χ2n) is 6.16. The number of halogens is 1. The first-order chi connectivity index (χ1) is 10.3. The Morgan fingerprint density at radius 3 is 2.23 bits per heavy atom. The van der Waals surface area contributed by atoms with Crippen LogP contribution in [-0.2, 0) is 0 Å². The predicted molar refractivity (Wildman–Crippen MR) is 91.6 cm³/mol. The number of hydrogen-bond acceptors (Lipinski definition) is 2. The number of rotatable bonds is 6. The lowest BCUT2D eigenvalue weighted by Gasteiger charge is -2.27. The van der Waals surface area contributed by atoms with E-state index in [2.05, 4.69) is 41.3 Å². The van der Waals surface area contributed by atoms with Crippen LogP contribution < -0.4 is 10.6 Å². The lowest BCUT2D eigenvalue weighted by molar-refractivity contribution is 0.297. The molecule has 0 aliphatic rings. The van der Waals surface area contributed by atoms with Crippen molar-refractivity contribution in [2.24, 2.45) is 10.9 Å². The fraction of sp³-hybridized carbons (Fsp3) is 0.588. The molecular formula is C17H29FN4. The summed E-state index contributed by atoms with van der Waals surface area (Å²) in [6, 6.07) is 7.14. The van der Waals surface area contributed by atoms with Gasteiger partial charge in [-0.1, -0.05) is 26.0 Å². The van der Waals surface area contributed by atoms with E-state index in [1.54, 1.807) is 7.05 Å². The molecule has 1 rings (SSSR count). The SMILES string of the molecule is CN=C(NCC(c1ccc(F)cc1)N(C)C)NC(C)C(C)C. The number of guanidine groups is 1. The summed E-state index contributed by atoms with van der Waals surface area (Å²) in [4.78, 5) is 6.38. The fourth-order valence-electron chi connectivity index (χ4n) is 2.05. The van der Waals surface area contributed by atoms with Crippen molar-refractivity contribution in [2.75, 3.05) is 27.7 Å². The zero-order valence-electron chi connectivity index (χ0n) is 14.5. The van der Waals surface area contributed by atoms with E-state index < -0.39 is 0 Å². The Morgan fingerprint density at radius 1 is 1.18 bits per heavy atom. The van der Waals surface area contributed by atoms with E-state index in [1.165, 1.54) is 12.1 Å². The van der Waals surface area contributed by atoms with E-state index in [9.17, 15) is 4.39 Å². The van der Waals surface area contributed by atoms with Gasteiger partial charge in [0.2, 0.25) is 0 Å². The Morgan fingerprint density at radius 2 is 1.77 bits per heavy atom. The third kappa shape index (κ3) is 5.64. The Kier molecular flexibility index (Phi) is 7.32. The Hall–Kier alpha value is -1.62. The van der Waals surface area contributed by atoms with E-state index in [1.807, 2.05) is 26.2 Å². The summed E-state index contributed by atoms with van der Waals surface area (Å²) in [6.45, 7) is 7.18. The number of aliphatic imine (C=N–C) groups is 1. The maximum absolute atomic E-state index is 13.1. The normalized spacial score (nSPS) is 15.0. The average molecular weight is 308 g/mol. The van der Waals surface area contributed by atoms with Gasteiger partial charge in [0, 0.05) is 19.6 Å². The number of nitrogens with zero attached hydrogens (tertiary/aromatic N) is 2. The van der Waals surface area contributed by atoms with Crippen LogP contribution in [0.25, 0.3) is 0 Å². The third-order valence-electron chi connectivity index (χ3n) is 3.93. The first-order valence-corrected chi connectivity index (χ1v) is 7.74. The monoisotopic (exact) mass is 308 g/mol. The van der Waals surface area contributed by atoms with Gasteiger partial charge in [0.25, 0.3) is 0 Å². The molecule has 0 spiro atoms. The molecule has 1 aromatic carbocycles. The van der Waals surface area contributed by atoms with Crippen molar-refractivity contribution < 1.29 is 4.39 Å². The second-order valence-corrected chi connectivity index (χ2v) is 6.16. The number of likely N-dealkylation sites (N-methyl/N-ethyl adjacent to an activating group) is 1. The van der Waals surface area contributed by atoms with Crippen LogP contribution in [0.1, 0.15) is 32.4 Å². The molecule has 124 valence electrons. The highest BCUT2D eigenvalue weighted by atomic mass is 19.1. The molecule has 2 N–H and O–H groups in total. The van der Waals surface area contributed by atoms with Gasteiger partial charge in [-0.3, -0.25) is 4.99 Å². The van der Waals surface area contributed by atoms with Crippen molar-refractivity contribution >= 4 is 5.96 Å². The lowest BCUT2D eigenvalue weighted by Crippen LogP contribution is -2.46. The predicted octanol–water partition coefficient (Wildman–Crippen LogP) is 2.64. The van der Waals surface area contributed by atoms with Crippen LogP contribution in [0, 0.1) is 11.7 Å². The molecule has 0 saturated heterocycles. The standard InChI is InChI=1S/C17H29FN4/c1-12(2)13(3)21-17(19-4)20-11-16(22(5)6)14-7-9-15(18)10-8-14/h7-10,12-13,16H,11H2,1-6H3,(H2,19,20,21). The fourth-order valence-corrected chi connectivity index (χ4v) is 2.05. The summed E-state index contributed by atoms with van der Waals surface area (Å²) in [6.07, 6.45) is 0. The first kappa shape index (κ1) is 18.4. The molecule has 0 heterocycles. The van der Waals surface area contributed by atoms with Gasteiger partial charge < -0.3 is 15.5 Å². The van der Waals surface area contributed by atoms with E-state index in [4.69, 9.17) is 0 Å². The molecule has 0 aliphatic carbocycles.